The van der Waals surface area contributed by atoms with Crippen LogP contribution in [0.1, 0.15) is 26.7 Å². The molecule has 0 N–H and O–H groups in total. The Morgan fingerprint density at radius 3 is 2.73 bits per heavy atom. The third kappa shape index (κ3) is 2.07. The molecular weight excluding hydrogens is 192 g/mol. The van der Waals surface area contributed by atoms with Crippen LogP contribution in [0.5, 0.6) is 0 Å². The number of carbonyl (C=O) groups excluding carboxylic acids is 1. The van der Waals surface area contributed by atoms with E-state index in [-0.39, 0.29) is 5.97 Å². The van der Waals surface area contributed by atoms with Gasteiger partial charge in [0.25, 0.3) is 0 Å². The van der Waals surface area contributed by atoms with Crippen molar-refractivity contribution in [1.82, 2.24) is 0 Å². The van der Waals surface area contributed by atoms with Gasteiger partial charge in [0.15, 0.2) is 0 Å². The molecule has 2 fully saturated rings. The number of rotatable bonds is 3. The SMILES string of the molecule is C=C(C)C(=O)OCC1CC2CC1OC2C. The fraction of sp³-hybridized carbons (Fsp3) is 0.750. The van der Waals surface area contributed by atoms with Gasteiger partial charge in [0.1, 0.15) is 0 Å². The van der Waals surface area contributed by atoms with E-state index in [1.807, 2.05) is 0 Å². The van der Waals surface area contributed by atoms with Gasteiger partial charge in [-0.2, -0.15) is 0 Å². The van der Waals surface area contributed by atoms with Gasteiger partial charge in [-0.15, -0.1) is 0 Å². The highest BCUT2D eigenvalue weighted by Crippen LogP contribution is 2.43. The number of carbonyl (C=O) groups is 1. The van der Waals surface area contributed by atoms with Gasteiger partial charge in [-0.25, -0.2) is 4.79 Å². The van der Waals surface area contributed by atoms with E-state index in [1.54, 1.807) is 6.92 Å². The lowest BCUT2D eigenvalue weighted by Crippen LogP contribution is -2.29. The molecule has 0 radical (unpaired) electrons. The molecule has 2 rings (SSSR count). The summed E-state index contributed by atoms with van der Waals surface area (Å²) in [6.45, 7) is 7.83. The van der Waals surface area contributed by atoms with E-state index in [0.717, 1.165) is 12.8 Å². The summed E-state index contributed by atoms with van der Waals surface area (Å²) in [6, 6.07) is 0. The van der Waals surface area contributed by atoms with E-state index in [2.05, 4.69) is 13.5 Å². The number of hydrogen-bond acceptors (Lipinski definition) is 3. The van der Waals surface area contributed by atoms with Crippen molar-refractivity contribution in [2.75, 3.05) is 6.61 Å². The zero-order valence-corrected chi connectivity index (χ0v) is 9.36. The topological polar surface area (TPSA) is 35.5 Å². The summed E-state index contributed by atoms with van der Waals surface area (Å²) >= 11 is 0. The Kier molecular flexibility index (Phi) is 2.83. The molecule has 84 valence electrons. The van der Waals surface area contributed by atoms with Gasteiger partial charge in [-0.05, 0) is 32.6 Å². The first-order valence-corrected chi connectivity index (χ1v) is 5.56. The van der Waals surface area contributed by atoms with Crippen molar-refractivity contribution in [2.24, 2.45) is 11.8 Å². The minimum atomic E-state index is -0.286. The summed E-state index contributed by atoms with van der Waals surface area (Å²) in [5.41, 5.74) is 0.465. The van der Waals surface area contributed by atoms with E-state index in [0.29, 0.717) is 36.2 Å². The zero-order chi connectivity index (χ0) is 11.0. The average molecular weight is 210 g/mol. The second-order valence-corrected chi connectivity index (χ2v) is 4.75. The van der Waals surface area contributed by atoms with Crippen LogP contribution >= 0.6 is 0 Å². The van der Waals surface area contributed by atoms with Gasteiger partial charge in [-0.1, -0.05) is 6.58 Å². The summed E-state index contributed by atoms with van der Waals surface area (Å²) in [5.74, 6) is 0.781. The van der Waals surface area contributed by atoms with Crippen molar-refractivity contribution in [2.45, 2.75) is 38.9 Å². The van der Waals surface area contributed by atoms with Crippen LogP contribution in [0.25, 0.3) is 0 Å². The average Bonchev–Trinajstić information content (AvgIpc) is 2.72. The highest BCUT2D eigenvalue weighted by atomic mass is 16.5. The molecule has 1 aliphatic carbocycles. The van der Waals surface area contributed by atoms with Crippen LogP contribution in [0.15, 0.2) is 12.2 Å². The summed E-state index contributed by atoms with van der Waals surface area (Å²) in [4.78, 5) is 11.2. The Balaban J connectivity index is 1.79. The molecule has 0 spiro atoms. The second-order valence-electron chi connectivity index (χ2n) is 4.75. The lowest BCUT2D eigenvalue weighted by molar-refractivity contribution is -0.142. The molecule has 2 bridgehead atoms. The highest BCUT2D eigenvalue weighted by Gasteiger charge is 2.45. The minimum Gasteiger partial charge on any atom is -0.462 e. The molecule has 0 amide bonds. The van der Waals surface area contributed by atoms with E-state index < -0.39 is 0 Å². The molecule has 0 aromatic carbocycles. The third-order valence-electron chi connectivity index (χ3n) is 3.50. The Morgan fingerprint density at radius 2 is 2.27 bits per heavy atom. The van der Waals surface area contributed by atoms with Gasteiger partial charge in [0, 0.05) is 11.5 Å². The molecule has 1 saturated carbocycles. The maximum Gasteiger partial charge on any atom is 0.333 e. The van der Waals surface area contributed by atoms with E-state index >= 15 is 0 Å². The van der Waals surface area contributed by atoms with Crippen molar-refractivity contribution in [1.29, 1.82) is 0 Å². The molecule has 4 unspecified atom stereocenters. The molecule has 1 aliphatic heterocycles. The first kappa shape index (κ1) is 10.7. The van der Waals surface area contributed by atoms with Crippen molar-refractivity contribution >= 4 is 5.97 Å². The van der Waals surface area contributed by atoms with E-state index in [9.17, 15) is 4.79 Å². The monoisotopic (exact) mass is 210 g/mol. The molecule has 15 heavy (non-hydrogen) atoms. The molecule has 1 heterocycles. The fourth-order valence-corrected chi connectivity index (χ4v) is 2.55. The summed E-state index contributed by atoms with van der Waals surface area (Å²) in [5, 5.41) is 0. The lowest BCUT2D eigenvalue weighted by Gasteiger charge is -2.25. The predicted octanol–water partition coefficient (Wildman–Crippen LogP) is 1.92. The van der Waals surface area contributed by atoms with Crippen LogP contribution in [0.2, 0.25) is 0 Å². The summed E-state index contributed by atoms with van der Waals surface area (Å²) < 4.78 is 10.9. The standard InChI is InChI=1S/C12H18O3/c1-7(2)12(13)14-6-10-4-9-5-11(10)15-8(9)3/h8-11H,1,4-6H2,2-3H3. The maximum atomic E-state index is 11.2. The molecule has 3 nitrogen and oxygen atoms in total. The Hall–Kier alpha value is -0.830. The maximum absolute atomic E-state index is 11.2. The minimum absolute atomic E-state index is 0.286. The fourth-order valence-electron chi connectivity index (χ4n) is 2.55. The van der Waals surface area contributed by atoms with Crippen LogP contribution in [0, 0.1) is 11.8 Å². The zero-order valence-electron chi connectivity index (χ0n) is 9.36. The molecular formula is C12H18O3. The Labute approximate surface area is 90.4 Å². The highest BCUT2D eigenvalue weighted by molar-refractivity contribution is 5.86. The van der Waals surface area contributed by atoms with Gasteiger partial charge in [0.05, 0.1) is 18.8 Å². The van der Waals surface area contributed by atoms with Crippen LogP contribution in [0.3, 0.4) is 0 Å². The molecule has 0 aromatic rings. The molecule has 2 aliphatic rings. The van der Waals surface area contributed by atoms with Gasteiger partial charge < -0.3 is 9.47 Å². The van der Waals surface area contributed by atoms with Crippen LogP contribution in [-0.2, 0) is 14.3 Å². The number of esters is 1. The van der Waals surface area contributed by atoms with E-state index in [1.165, 1.54) is 0 Å². The predicted molar refractivity (Wildman–Crippen MR) is 56.3 cm³/mol. The first-order chi connectivity index (χ1) is 7.08. The van der Waals surface area contributed by atoms with Crippen molar-refractivity contribution < 1.29 is 14.3 Å². The van der Waals surface area contributed by atoms with Gasteiger partial charge in [-0.3, -0.25) is 0 Å². The third-order valence-corrected chi connectivity index (χ3v) is 3.50. The quantitative estimate of drug-likeness (QED) is 0.527. The summed E-state index contributed by atoms with van der Waals surface area (Å²) in [7, 11) is 0. The van der Waals surface area contributed by atoms with E-state index in [4.69, 9.17) is 9.47 Å². The smallest absolute Gasteiger partial charge is 0.333 e. The lowest BCUT2D eigenvalue weighted by atomic mass is 9.99. The second kappa shape index (κ2) is 3.97. The number of ether oxygens (including phenoxy) is 2. The largest absolute Gasteiger partial charge is 0.462 e. The Bertz CT molecular complexity index is 283. The Morgan fingerprint density at radius 1 is 1.53 bits per heavy atom. The molecule has 0 aromatic heterocycles. The van der Waals surface area contributed by atoms with Crippen molar-refractivity contribution in [3.05, 3.63) is 12.2 Å². The van der Waals surface area contributed by atoms with Crippen LogP contribution in [0.4, 0.5) is 0 Å². The van der Waals surface area contributed by atoms with Gasteiger partial charge in [0.2, 0.25) is 0 Å². The molecule has 4 atom stereocenters. The molecule has 1 saturated heterocycles. The van der Waals surface area contributed by atoms with Crippen LogP contribution in [-0.4, -0.2) is 24.8 Å². The van der Waals surface area contributed by atoms with Crippen molar-refractivity contribution in [3.63, 3.8) is 0 Å². The number of fused-ring (bicyclic) bond motifs is 2. The first-order valence-electron chi connectivity index (χ1n) is 5.56. The molecule has 3 heteroatoms. The van der Waals surface area contributed by atoms with Gasteiger partial charge >= 0.3 is 5.97 Å². The van der Waals surface area contributed by atoms with Crippen LogP contribution < -0.4 is 0 Å². The normalized spacial score (nSPS) is 38.0. The number of hydrogen-bond donors (Lipinski definition) is 0. The summed E-state index contributed by atoms with van der Waals surface area (Å²) in [6.07, 6.45) is 2.97. The van der Waals surface area contributed by atoms with Crippen molar-refractivity contribution in [3.8, 4) is 0 Å².